The lowest BCUT2D eigenvalue weighted by Crippen LogP contribution is -2.30. The predicted octanol–water partition coefficient (Wildman–Crippen LogP) is 4.61. The van der Waals surface area contributed by atoms with Crippen molar-refractivity contribution in [3.63, 3.8) is 0 Å². The van der Waals surface area contributed by atoms with Crippen molar-refractivity contribution in [3.8, 4) is 11.4 Å². The molecule has 1 heterocycles. The van der Waals surface area contributed by atoms with Gasteiger partial charge in [-0.25, -0.2) is 12.8 Å². The zero-order valence-electron chi connectivity index (χ0n) is 19.2. The first-order valence-electron chi connectivity index (χ1n) is 10.7. The highest BCUT2D eigenvalue weighted by molar-refractivity contribution is 7.98. The molecule has 1 aromatic heterocycles. The molecular weight excluding hydrogens is 463 g/mol. The van der Waals surface area contributed by atoms with E-state index in [0.29, 0.717) is 42.0 Å². The number of nitrogens with zero attached hydrogens (tertiary/aromatic N) is 4. The third kappa shape index (κ3) is 5.81. The first-order chi connectivity index (χ1) is 15.8. The quantitative estimate of drug-likeness (QED) is 0.364. The number of thioether (sulfide) groups is 1. The van der Waals surface area contributed by atoms with Crippen molar-refractivity contribution in [1.82, 2.24) is 19.1 Å². The van der Waals surface area contributed by atoms with Gasteiger partial charge in [-0.3, -0.25) is 4.57 Å². The Morgan fingerprint density at radius 1 is 1.12 bits per heavy atom. The smallest absolute Gasteiger partial charge is 0.243 e. The molecule has 0 bridgehead atoms. The fourth-order valence-corrected chi connectivity index (χ4v) is 6.02. The van der Waals surface area contributed by atoms with Gasteiger partial charge in [0.1, 0.15) is 5.82 Å². The molecule has 0 aliphatic rings. The fourth-order valence-electron chi connectivity index (χ4n) is 3.52. The van der Waals surface area contributed by atoms with E-state index >= 15 is 0 Å². The maximum atomic E-state index is 13.2. The Kier molecular flexibility index (Phi) is 8.63. The van der Waals surface area contributed by atoms with Crippen molar-refractivity contribution in [2.24, 2.45) is 0 Å². The number of halogens is 1. The van der Waals surface area contributed by atoms with Crippen molar-refractivity contribution in [1.29, 1.82) is 0 Å². The first kappa shape index (κ1) is 25.4. The number of rotatable bonds is 11. The van der Waals surface area contributed by atoms with Crippen LogP contribution in [0.5, 0.6) is 0 Å². The maximum Gasteiger partial charge on any atom is 0.243 e. The van der Waals surface area contributed by atoms with Crippen LogP contribution in [0.4, 0.5) is 4.39 Å². The van der Waals surface area contributed by atoms with Crippen LogP contribution >= 0.6 is 11.8 Å². The first-order valence-corrected chi connectivity index (χ1v) is 13.2. The van der Waals surface area contributed by atoms with Crippen LogP contribution < -0.4 is 0 Å². The Balaban J connectivity index is 1.98. The molecule has 3 aromatic rings. The van der Waals surface area contributed by atoms with Crippen LogP contribution in [0.2, 0.25) is 0 Å². The highest BCUT2D eigenvalue weighted by Crippen LogP contribution is 2.31. The summed E-state index contributed by atoms with van der Waals surface area (Å²) in [6, 6.07) is 13.0. The monoisotopic (exact) mass is 492 g/mol. The zero-order chi connectivity index (χ0) is 24.0. The van der Waals surface area contributed by atoms with Crippen LogP contribution in [-0.4, -0.2) is 54.3 Å². The van der Waals surface area contributed by atoms with Gasteiger partial charge < -0.3 is 4.74 Å². The average Bonchev–Trinajstić information content (AvgIpc) is 3.24. The molecule has 0 unspecified atom stereocenters. The third-order valence-electron chi connectivity index (χ3n) is 5.23. The fraction of sp³-hybridized carbons (Fsp3) is 0.391. The van der Waals surface area contributed by atoms with Gasteiger partial charge >= 0.3 is 0 Å². The van der Waals surface area contributed by atoms with E-state index in [1.165, 1.54) is 28.2 Å². The van der Waals surface area contributed by atoms with Crippen molar-refractivity contribution in [2.45, 2.75) is 42.6 Å². The molecule has 2 aromatic carbocycles. The van der Waals surface area contributed by atoms with E-state index in [-0.39, 0.29) is 16.8 Å². The van der Waals surface area contributed by atoms with Crippen molar-refractivity contribution >= 4 is 21.8 Å². The Morgan fingerprint density at radius 3 is 2.45 bits per heavy atom. The topological polar surface area (TPSA) is 77.3 Å². The van der Waals surface area contributed by atoms with Crippen LogP contribution in [-0.2, 0) is 20.5 Å². The van der Waals surface area contributed by atoms with Gasteiger partial charge in [0.25, 0.3) is 0 Å². The lowest BCUT2D eigenvalue weighted by atomic mass is 10.2. The second-order valence-electron chi connectivity index (χ2n) is 7.51. The molecule has 0 aliphatic heterocycles. The van der Waals surface area contributed by atoms with Gasteiger partial charge in [0, 0.05) is 31.5 Å². The summed E-state index contributed by atoms with van der Waals surface area (Å²) in [5, 5.41) is 9.44. The lowest BCUT2D eigenvalue weighted by Gasteiger charge is -2.20. The van der Waals surface area contributed by atoms with Crippen LogP contribution in [0.25, 0.3) is 11.4 Å². The molecule has 0 amide bonds. The van der Waals surface area contributed by atoms with Crippen LogP contribution in [0.3, 0.4) is 0 Å². The second-order valence-corrected chi connectivity index (χ2v) is 10.4. The van der Waals surface area contributed by atoms with E-state index in [1.807, 2.05) is 31.4 Å². The minimum Gasteiger partial charge on any atom is -0.383 e. The van der Waals surface area contributed by atoms with Gasteiger partial charge in [0.15, 0.2) is 11.0 Å². The number of hydrogen-bond acceptors (Lipinski definition) is 6. The summed E-state index contributed by atoms with van der Waals surface area (Å²) >= 11 is 1.48. The van der Waals surface area contributed by atoms with E-state index in [4.69, 9.17) is 4.74 Å². The molecule has 0 N–H and O–H groups in total. The summed E-state index contributed by atoms with van der Waals surface area (Å²) in [6.45, 7) is 6.86. The largest absolute Gasteiger partial charge is 0.383 e. The van der Waals surface area contributed by atoms with E-state index in [0.717, 1.165) is 5.56 Å². The molecule has 1 atom stereocenters. The van der Waals surface area contributed by atoms with Gasteiger partial charge in [0.05, 0.1) is 17.5 Å². The van der Waals surface area contributed by atoms with E-state index in [2.05, 4.69) is 10.2 Å². The zero-order valence-corrected chi connectivity index (χ0v) is 20.9. The van der Waals surface area contributed by atoms with Crippen LogP contribution in [0.1, 0.15) is 32.4 Å². The van der Waals surface area contributed by atoms with E-state index in [1.54, 1.807) is 37.4 Å². The molecule has 33 heavy (non-hydrogen) atoms. The molecular formula is C23H29FN4O3S2. The van der Waals surface area contributed by atoms with E-state index in [9.17, 15) is 12.8 Å². The minimum absolute atomic E-state index is 0.0845. The number of aromatic nitrogens is 3. The molecule has 0 aliphatic carbocycles. The number of sulfonamides is 1. The summed E-state index contributed by atoms with van der Waals surface area (Å²) in [4.78, 5) is 0.221. The summed E-state index contributed by atoms with van der Waals surface area (Å²) in [6.07, 6.45) is 0. The summed E-state index contributed by atoms with van der Waals surface area (Å²) in [5.41, 5.74) is 1.62. The van der Waals surface area contributed by atoms with Gasteiger partial charge in [-0.1, -0.05) is 49.9 Å². The van der Waals surface area contributed by atoms with Crippen LogP contribution in [0, 0.1) is 5.82 Å². The average molecular weight is 493 g/mol. The van der Waals surface area contributed by atoms with Gasteiger partial charge in [-0.15, -0.1) is 10.2 Å². The van der Waals surface area contributed by atoms with Crippen molar-refractivity contribution in [3.05, 3.63) is 59.9 Å². The van der Waals surface area contributed by atoms with Gasteiger partial charge in [0.2, 0.25) is 10.0 Å². The molecule has 0 radical (unpaired) electrons. The summed E-state index contributed by atoms with van der Waals surface area (Å²) in [7, 11) is -1.97. The van der Waals surface area contributed by atoms with Crippen LogP contribution in [0.15, 0.2) is 58.6 Å². The standard InChI is InChI=1S/C23H29FN4O3S2/c1-5-27(6-2)33(29,30)21-9-7-8-19(14-21)22-25-26-23(28(22)17(3)15-31-4)32-16-18-10-12-20(24)13-11-18/h7-14,17H,5-6,15-16H2,1-4H3/t17-/m0/s1. The number of hydrogen-bond donors (Lipinski definition) is 0. The summed E-state index contributed by atoms with van der Waals surface area (Å²) in [5.74, 6) is 0.884. The normalized spacial score (nSPS) is 12.9. The molecule has 7 nitrogen and oxygen atoms in total. The molecule has 0 saturated heterocycles. The third-order valence-corrected chi connectivity index (χ3v) is 8.29. The van der Waals surface area contributed by atoms with Crippen molar-refractivity contribution < 1.29 is 17.5 Å². The molecule has 3 rings (SSSR count). The SMILES string of the molecule is CCN(CC)S(=O)(=O)c1cccc(-c2nnc(SCc3ccc(F)cc3)n2[C@@H](C)COC)c1. The number of methoxy groups -OCH3 is 1. The Morgan fingerprint density at radius 2 is 1.82 bits per heavy atom. The number of benzene rings is 2. The maximum absolute atomic E-state index is 13.2. The Hall–Kier alpha value is -2.27. The van der Waals surface area contributed by atoms with E-state index < -0.39 is 10.0 Å². The molecule has 0 fully saturated rings. The molecule has 0 spiro atoms. The molecule has 0 saturated carbocycles. The Bertz CT molecular complexity index is 1160. The summed E-state index contributed by atoms with van der Waals surface area (Å²) < 4.78 is 48.0. The lowest BCUT2D eigenvalue weighted by molar-refractivity contribution is 0.159. The second kappa shape index (κ2) is 11.2. The highest BCUT2D eigenvalue weighted by Gasteiger charge is 2.24. The highest BCUT2D eigenvalue weighted by atomic mass is 32.2. The van der Waals surface area contributed by atoms with Crippen molar-refractivity contribution in [2.75, 3.05) is 26.8 Å². The van der Waals surface area contributed by atoms with Gasteiger partial charge in [-0.05, 0) is 36.8 Å². The number of ether oxygens (including phenoxy) is 1. The van der Waals surface area contributed by atoms with Gasteiger partial charge in [-0.2, -0.15) is 4.31 Å². The molecule has 10 heteroatoms. The molecule has 178 valence electrons. The predicted molar refractivity (Wildman–Crippen MR) is 128 cm³/mol. The minimum atomic E-state index is -3.60. The Labute approximate surface area is 199 Å².